The highest BCUT2D eigenvalue weighted by Gasteiger charge is 2.22. The molecule has 5 nitrogen and oxygen atoms in total. The summed E-state index contributed by atoms with van der Waals surface area (Å²) < 4.78 is 5.44. The van der Waals surface area contributed by atoms with Crippen LogP contribution in [-0.4, -0.2) is 27.7 Å². The molecule has 0 bridgehead atoms. The first-order valence-electron chi connectivity index (χ1n) is 7.60. The van der Waals surface area contributed by atoms with Gasteiger partial charge in [-0.25, -0.2) is 4.98 Å². The molecule has 2 unspecified atom stereocenters. The first-order chi connectivity index (χ1) is 10.1. The van der Waals surface area contributed by atoms with E-state index in [4.69, 9.17) is 4.52 Å². The zero-order chi connectivity index (χ0) is 15.2. The highest BCUT2D eigenvalue weighted by atomic mass is 32.1. The van der Waals surface area contributed by atoms with Gasteiger partial charge in [0.25, 0.3) is 0 Å². The Bertz CT molecular complexity index is 551. The smallest absolute Gasteiger partial charge is 0.231 e. The number of rotatable bonds is 8. The first-order valence-corrected chi connectivity index (χ1v) is 8.48. The molecule has 2 atom stereocenters. The maximum Gasteiger partial charge on any atom is 0.231 e. The molecule has 6 heteroatoms. The molecule has 2 rings (SSSR count). The first kappa shape index (κ1) is 16.1. The third-order valence-corrected chi connectivity index (χ3v) is 4.52. The minimum atomic E-state index is 0.223. The number of thiazole rings is 1. The monoisotopic (exact) mass is 308 g/mol. The Kier molecular flexibility index (Phi) is 5.87. The van der Waals surface area contributed by atoms with Gasteiger partial charge in [0.2, 0.25) is 5.89 Å². The number of hydrogen-bond donors (Lipinski definition) is 1. The van der Waals surface area contributed by atoms with Crippen LogP contribution in [0.1, 0.15) is 61.9 Å². The Labute approximate surface area is 130 Å². The van der Waals surface area contributed by atoms with Gasteiger partial charge < -0.3 is 9.84 Å². The van der Waals surface area contributed by atoms with Gasteiger partial charge in [0.1, 0.15) is 5.01 Å². The van der Waals surface area contributed by atoms with Gasteiger partial charge in [0.15, 0.2) is 5.82 Å². The van der Waals surface area contributed by atoms with Crippen molar-refractivity contribution in [3.8, 4) is 0 Å². The Hall–Kier alpha value is -1.27. The minimum absolute atomic E-state index is 0.223. The van der Waals surface area contributed by atoms with Crippen LogP contribution in [0.15, 0.2) is 9.90 Å². The molecular weight excluding hydrogens is 284 g/mol. The average molecular weight is 308 g/mol. The number of nitrogens with zero attached hydrogens (tertiary/aromatic N) is 3. The summed E-state index contributed by atoms with van der Waals surface area (Å²) in [4.78, 5) is 8.98. The molecule has 0 radical (unpaired) electrons. The summed E-state index contributed by atoms with van der Waals surface area (Å²) in [6, 6.07) is 0.375. The molecule has 0 aliphatic rings. The molecule has 116 valence electrons. The van der Waals surface area contributed by atoms with Crippen LogP contribution in [-0.2, 0) is 6.42 Å². The summed E-state index contributed by atoms with van der Waals surface area (Å²) in [6.07, 6.45) is 2.82. The van der Waals surface area contributed by atoms with E-state index in [1.54, 1.807) is 11.3 Å². The molecule has 0 amide bonds. The highest BCUT2D eigenvalue weighted by Crippen LogP contribution is 2.21. The van der Waals surface area contributed by atoms with Crippen LogP contribution in [0.2, 0.25) is 0 Å². The second-order valence-corrected chi connectivity index (χ2v) is 6.31. The average Bonchev–Trinajstić information content (AvgIpc) is 3.09. The Morgan fingerprint density at radius 2 is 2.14 bits per heavy atom. The van der Waals surface area contributed by atoms with Gasteiger partial charge in [0, 0.05) is 17.1 Å². The van der Waals surface area contributed by atoms with E-state index in [2.05, 4.69) is 41.2 Å². The van der Waals surface area contributed by atoms with Crippen LogP contribution in [0.4, 0.5) is 0 Å². The zero-order valence-electron chi connectivity index (χ0n) is 13.2. The molecule has 2 aromatic heterocycles. The van der Waals surface area contributed by atoms with Crippen LogP contribution >= 0.6 is 11.3 Å². The van der Waals surface area contributed by atoms with Crippen molar-refractivity contribution in [3.63, 3.8) is 0 Å². The van der Waals surface area contributed by atoms with E-state index in [0.717, 1.165) is 35.9 Å². The lowest BCUT2D eigenvalue weighted by molar-refractivity contribution is 0.317. The van der Waals surface area contributed by atoms with Crippen LogP contribution in [0.25, 0.3) is 0 Å². The SMILES string of the molecule is CCCNC(CC)C(C)c1nc(Cc2nc(C)cs2)no1. The van der Waals surface area contributed by atoms with E-state index in [1.165, 1.54) is 0 Å². The fourth-order valence-corrected chi connectivity index (χ4v) is 3.09. The van der Waals surface area contributed by atoms with Crippen LogP contribution in [0.3, 0.4) is 0 Å². The Morgan fingerprint density at radius 1 is 1.33 bits per heavy atom. The summed E-state index contributed by atoms with van der Waals surface area (Å²) in [6.45, 7) is 9.50. The number of aromatic nitrogens is 3. The maximum absolute atomic E-state index is 5.44. The molecule has 21 heavy (non-hydrogen) atoms. The Balaban J connectivity index is 2.00. The third kappa shape index (κ3) is 4.35. The van der Waals surface area contributed by atoms with Gasteiger partial charge >= 0.3 is 0 Å². The second kappa shape index (κ2) is 7.66. The molecule has 0 saturated carbocycles. The molecule has 2 heterocycles. The fourth-order valence-electron chi connectivity index (χ4n) is 2.32. The van der Waals surface area contributed by atoms with Crippen molar-refractivity contribution in [2.75, 3.05) is 6.54 Å². The van der Waals surface area contributed by atoms with Gasteiger partial charge in [-0.15, -0.1) is 11.3 Å². The van der Waals surface area contributed by atoms with Crippen molar-refractivity contribution in [1.82, 2.24) is 20.4 Å². The van der Waals surface area contributed by atoms with Gasteiger partial charge in [-0.1, -0.05) is 25.9 Å². The summed E-state index contributed by atoms with van der Waals surface area (Å²) in [5, 5.41) is 10.7. The second-order valence-electron chi connectivity index (χ2n) is 5.37. The van der Waals surface area contributed by atoms with Crippen LogP contribution in [0.5, 0.6) is 0 Å². The van der Waals surface area contributed by atoms with Gasteiger partial charge in [0.05, 0.1) is 12.3 Å². The van der Waals surface area contributed by atoms with Crippen LogP contribution in [0, 0.1) is 6.92 Å². The van der Waals surface area contributed by atoms with Crippen molar-refractivity contribution in [2.24, 2.45) is 0 Å². The molecule has 0 aromatic carbocycles. The van der Waals surface area contributed by atoms with E-state index < -0.39 is 0 Å². The maximum atomic E-state index is 5.44. The van der Waals surface area contributed by atoms with Crippen molar-refractivity contribution >= 4 is 11.3 Å². The predicted molar refractivity (Wildman–Crippen MR) is 84.7 cm³/mol. The molecule has 0 fully saturated rings. The van der Waals surface area contributed by atoms with E-state index in [1.807, 2.05) is 12.3 Å². The van der Waals surface area contributed by atoms with Crippen molar-refractivity contribution in [1.29, 1.82) is 0 Å². The molecule has 0 saturated heterocycles. The lowest BCUT2D eigenvalue weighted by atomic mass is 9.99. The summed E-state index contributed by atoms with van der Waals surface area (Å²) >= 11 is 1.64. The van der Waals surface area contributed by atoms with Gasteiger partial charge in [-0.2, -0.15) is 4.98 Å². The minimum Gasteiger partial charge on any atom is -0.339 e. The van der Waals surface area contributed by atoms with Crippen molar-refractivity contribution in [2.45, 2.75) is 58.9 Å². The Morgan fingerprint density at radius 3 is 2.76 bits per heavy atom. The number of nitrogens with one attached hydrogen (secondary N) is 1. The standard InChI is InChI=1S/C15H24N4OS/c1-5-7-16-12(6-2)11(4)15-18-13(19-20-15)8-14-17-10(3)9-21-14/h9,11-12,16H,5-8H2,1-4H3. The quantitative estimate of drug-likeness (QED) is 0.810. The lowest BCUT2D eigenvalue weighted by Crippen LogP contribution is -2.33. The molecule has 0 spiro atoms. The van der Waals surface area contributed by atoms with Gasteiger partial charge in [-0.3, -0.25) is 0 Å². The third-order valence-electron chi connectivity index (χ3n) is 3.55. The van der Waals surface area contributed by atoms with Crippen molar-refractivity contribution < 1.29 is 4.52 Å². The fraction of sp³-hybridized carbons (Fsp3) is 0.667. The largest absolute Gasteiger partial charge is 0.339 e. The normalized spacial score (nSPS) is 14.3. The summed E-state index contributed by atoms with van der Waals surface area (Å²) in [5.41, 5.74) is 1.04. The summed E-state index contributed by atoms with van der Waals surface area (Å²) in [5.74, 6) is 1.66. The van der Waals surface area contributed by atoms with E-state index >= 15 is 0 Å². The van der Waals surface area contributed by atoms with E-state index in [9.17, 15) is 0 Å². The molecule has 0 aliphatic carbocycles. The molecular formula is C15H24N4OS. The zero-order valence-corrected chi connectivity index (χ0v) is 14.0. The van der Waals surface area contributed by atoms with E-state index in [0.29, 0.717) is 18.4 Å². The lowest BCUT2D eigenvalue weighted by Gasteiger charge is -2.20. The molecule has 1 N–H and O–H groups in total. The van der Waals surface area contributed by atoms with Crippen LogP contribution < -0.4 is 5.32 Å². The number of aryl methyl sites for hydroxylation is 1. The number of hydrogen-bond acceptors (Lipinski definition) is 6. The summed E-state index contributed by atoms with van der Waals surface area (Å²) in [7, 11) is 0. The molecule has 0 aliphatic heterocycles. The highest BCUT2D eigenvalue weighted by molar-refractivity contribution is 7.09. The van der Waals surface area contributed by atoms with Crippen molar-refractivity contribution in [3.05, 3.63) is 27.8 Å². The predicted octanol–water partition coefficient (Wildman–Crippen LogP) is 3.31. The molecule has 2 aromatic rings. The topological polar surface area (TPSA) is 63.8 Å². The van der Waals surface area contributed by atoms with Gasteiger partial charge in [-0.05, 0) is 26.3 Å². The van der Waals surface area contributed by atoms with E-state index in [-0.39, 0.29) is 5.92 Å².